The molecule has 1 aliphatic rings. The van der Waals surface area contributed by atoms with Crippen molar-refractivity contribution >= 4 is 17.8 Å². The van der Waals surface area contributed by atoms with Crippen LogP contribution >= 0.6 is 11.6 Å². The minimum atomic E-state index is 0.248. The van der Waals surface area contributed by atoms with Crippen LogP contribution in [0.25, 0.3) is 0 Å². The van der Waals surface area contributed by atoms with Crippen LogP contribution < -0.4 is 0 Å². The Hall–Kier alpha value is -1.06. The molecule has 0 aliphatic carbocycles. The van der Waals surface area contributed by atoms with E-state index in [-0.39, 0.29) is 6.10 Å². The van der Waals surface area contributed by atoms with E-state index in [1.807, 2.05) is 24.3 Å². The lowest BCUT2D eigenvalue weighted by Crippen LogP contribution is -1.96. The second kappa shape index (κ2) is 4.44. The molecular formula is C10H10ClNO2. The number of hydrogen-bond donors (Lipinski definition) is 0. The number of rotatable bonds is 4. The van der Waals surface area contributed by atoms with Gasteiger partial charge in [0.1, 0.15) is 12.7 Å². The summed E-state index contributed by atoms with van der Waals surface area (Å²) >= 11 is 5.73. The topological polar surface area (TPSA) is 34.1 Å². The minimum Gasteiger partial charge on any atom is -0.393 e. The van der Waals surface area contributed by atoms with Crippen molar-refractivity contribution in [1.82, 2.24) is 0 Å². The Bertz CT molecular complexity index is 319. The minimum absolute atomic E-state index is 0.248. The molecule has 3 nitrogen and oxygen atoms in total. The van der Waals surface area contributed by atoms with Gasteiger partial charge in [0.15, 0.2) is 0 Å². The molecule has 0 aromatic heterocycles. The van der Waals surface area contributed by atoms with E-state index in [9.17, 15) is 0 Å². The first-order valence-corrected chi connectivity index (χ1v) is 4.75. The molecule has 1 atom stereocenters. The molecule has 0 saturated carbocycles. The Kier molecular flexibility index (Phi) is 3.01. The number of ether oxygens (including phenoxy) is 1. The first-order chi connectivity index (χ1) is 6.84. The zero-order valence-corrected chi connectivity index (χ0v) is 8.28. The van der Waals surface area contributed by atoms with Gasteiger partial charge in [0.25, 0.3) is 0 Å². The maximum Gasteiger partial charge on any atom is 0.145 e. The largest absolute Gasteiger partial charge is 0.393 e. The van der Waals surface area contributed by atoms with Gasteiger partial charge in [-0.25, -0.2) is 0 Å². The number of halogens is 1. The summed E-state index contributed by atoms with van der Waals surface area (Å²) < 4.78 is 4.96. The van der Waals surface area contributed by atoms with Crippen molar-refractivity contribution in [3.8, 4) is 0 Å². The average molecular weight is 212 g/mol. The van der Waals surface area contributed by atoms with Crippen LogP contribution in [0.1, 0.15) is 5.56 Å². The lowest BCUT2D eigenvalue weighted by molar-refractivity contribution is 0.126. The number of oxime groups is 1. The first kappa shape index (κ1) is 9.49. The molecule has 2 rings (SSSR count). The van der Waals surface area contributed by atoms with Gasteiger partial charge >= 0.3 is 0 Å². The van der Waals surface area contributed by atoms with E-state index in [0.29, 0.717) is 6.61 Å². The highest BCUT2D eigenvalue weighted by atomic mass is 35.5. The SMILES string of the molecule is Clc1ccc(C=NOCC2CO2)cc1. The third kappa shape index (κ3) is 3.01. The van der Waals surface area contributed by atoms with Gasteiger partial charge in [0, 0.05) is 5.02 Å². The highest BCUT2D eigenvalue weighted by molar-refractivity contribution is 6.30. The van der Waals surface area contributed by atoms with Crippen molar-refractivity contribution in [2.75, 3.05) is 13.2 Å². The van der Waals surface area contributed by atoms with Gasteiger partial charge in [-0.1, -0.05) is 28.9 Å². The summed E-state index contributed by atoms with van der Waals surface area (Å²) in [6, 6.07) is 7.38. The Balaban J connectivity index is 1.80. The predicted octanol–water partition coefficient (Wildman–Crippen LogP) is 2.09. The zero-order valence-electron chi connectivity index (χ0n) is 7.52. The standard InChI is InChI=1S/C10H10ClNO2/c11-9-3-1-8(2-4-9)5-12-14-7-10-6-13-10/h1-5,10H,6-7H2. The van der Waals surface area contributed by atoms with Crippen molar-refractivity contribution in [2.24, 2.45) is 5.16 Å². The van der Waals surface area contributed by atoms with Gasteiger partial charge in [-0.2, -0.15) is 0 Å². The highest BCUT2D eigenvalue weighted by Gasteiger charge is 2.22. The molecule has 74 valence electrons. The molecule has 4 heteroatoms. The monoisotopic (exact) mass is 211 g/mol. The van der Waals surface area contributed by atoms with Gasteiger partial charge in [0.05, 0.1) is 12.8 Å². The molecule has 1 heterocycles. The summed E-state index contributed by atoms with van der Waals surface area (Å²) in [4.78, 5) is 5.00. The Morgan fingerprint density at radius 1 is 1.50 bits per heavy atom. The van der Waals surface area contributed by atoms with Gasteiger partial charge < -0.3 is 9.57 Å². The zero-order chi connectivity index (χ0) is 9.80. The fourth-order valence-electron chi connectivity index (χ4n) is 0.937. The fourth-order valence-corrected chi connectivity index (χ4v) is 1.06. The van der Waals surface area contributed by atoms with E-state index in [1.54, 1.807) is 6.21 Å². The Morgan fingerprint density at radius 3 is 2.86 bits per heavy atom. The fraction of sp³-hybridized carbons (Fsp3) is 0.300. The molecule has 0 amide bonds. The summed E-state index contributed by atoms with van der Waals surface area (Å²) in [5.41, 5.74) is 0.964. The number of benzene rings is 1. The van der Waals surface area contributed by atoms with E-state index in [4.69, 9.17) is 21.2 Å². The number of hydrogen-bond acceptors (Lipinski definition) is 3. The van der Waals surface area contributed by atoms with E-state index >= 15 is 0 Å². The molecular weight excluding hydrogens is 202 g/mol. The van der Waals surface area contributed by atoms with E-state index in [0.717, 1.165) is 17.2 Å². The van der Waals surface area contributed by atoms with Crippen molar-refractivity contribution in [3.63, 3.8) is 0 Å². The Labute approximate surface area is 87.3 Å². The van der Waals surface area contributed by atoms with Crippen LogP contribution in [0.4, 0.5) is 0 Å². The van der Waals surface area contributed by atoms with Gasteiger partial charge in [0.2, 0.25) is 0 Å². The molecule has 0 spiro atoms. The third-order valence-electron chi connectivity index (χ3n) is 1.81. The summed E-state index contributed by atoms with van der Waals surface area (Å²) in [6.07, 6.45) is 1.90. The number of epoxide rings is 1. The van der Waals surface area contributed by atoms with Crippen LogP contribution in [0.15, 0.2) is 29.4 Å². The summed E-state index contributed by atoms with van der Waals surface area (Å²) in [5, 5.41) is 4.52. The highest BCUT2D eigenvalue weighted by Crippen LogP contribution is 2.09. The van der Waals surface area contributed by atoms with Crippen molar-refractivity contribution < 1.29 is 9.57 Å². The molecule has 1 aliphatic heterocycles. The van der Waals surface area contributed by atoms with E-state index in [1.165, 1.54) is 0 Å². The van der Waals surface area contributed by atoms with Crippen LogP contribution in [0.3, 0.4) is 0 Å². The molecule has 1 fully saturated rings. The summed E-state index contributed by atoms with van der Waals surface area (Å²) in [6.45, 7) is 1.32. The second-order valence-electron chi connectivity index (χ2n) is 3.04. The molecule has 1 aromatic carbocycles. The normalized spacial score (nSPS) is 19.9. The van der Waals surface area contributed by atoms with Crippen LogP contribution in [0, 0.1) is 0 Å². The summed E-state index contributed by atoms with van der Waals surface area (Å²) in [5.74, 6) is 0. The van der Waals surface area contributed by atoms with Crippen molar-refractivity contribution in [3.05, 3.63) is 34.9 Å². The lowest BCUT2D eigenvalue weighted by Gasteiger charge is -1.94. The maximum absolute atomic E-state index is 5.73. The van der Waals surface area contributed by atoms with Crippen molar-refractivity contribution in [1.29, 1.82) is 0 Å². The predicted molar refractivity (Wildman–Crippen MR) is 54.7 cm³/mol. The molecule has 0 N–H and O–H groups in total. The smallest absolute Gasteiger partial charge is 0.145 e. The van der Waals surface area contributed by atoms with Gasteiger partial charge in [-0.05, 0) is 17.7 Å². The van der Waals surface area contributed by atoms with Gasteiger partial charge in [-0.3, -0.25) is 0 Å². The number of nitrogens with zero attached hydrogens (tertiary/aromatic N) is 1. The van der Waals surface area contributed by atoms with Gasteiger partial charge in [-0.15, -0.1) is 0 Å². The molecule has 0 radical (unpaired) electrons. The molecule has 0 bridgehead atoms. The lowest BCUT2D eigenvalue weighted by atomic mass is 10.2. The van der Waals surface area contributed by atoms with Crippen LogP contribution in [-0.4, -0.2) is 25.5 Å². The third-order valence-corrected chi connectivity index (χ3v) is 2.06. The van der Waals surface area contributed by atoms with Crippen molar-refractivity contribution in [2.45, 2.75) is 6.10 Å². The van der Waals surface area contributed by atoms with Crippen LogP contribution in [0.5, 0.6) is 0 Å². The first-order valence-electron chi connectivity index (χ1n) is 4.37. The van der Waals surface area contributed by atoms with Crippen LogP contribution in [0.2, 0.25) is 5.02 Å². The quantitative estimate of drug-likeness (QED) is 0.434. The molecule has 1 unspecified atom stereocenters. The molecule has 1 aromatic rings. The summed E-state index contributed by atoms with van der Waals surface area (Å²) in [7, 11) is 0. The average Bonchev–Trinajstić information content (AvgIpc) is 2.99. The molecule has 14 heavy (non-hydrogen) atoms. The van der Waals surface area contributed by atoms with Crippen LogP contribution in [-0.2, 0) is 9.57 Å². The second-order valence-corrected chi connectivity index (χ2v) is 3.47. The molecule has 1 saturated heterocycles. The van der Waals surface area contributed by atoms with E-state index in [2.05, 4.69) is 5.16 Å². The maximum atomic E-state index is 5.73. The Morgan fingerprint density at radius 2 is 2.21 bits per heavy atom. The van der Waals surface area contributed by atoms with E-state index < -0.39 is 0 Å².